The van der Waals surface area contributed by atoms with E-state index in [1.54, 1.807) is 19.1 Å². The van der Waals surface area contributed by atoms with E-state index in [1.165, 1.54) is 18.8 Å². The predicted octanol–water partition coefficient (Wildman–Crippen LogP) is 4.25. The topological polar surface area (TPSA) is 83.9 Å². The van der Waals surface area contributed by atoms with E-state index in [2.05, 4.69) is 19.8 Å². The Morgan fingerprint density at radius 3 is 2.64 bits per heavy atom. The molecule has 3 aliphatic rings. The highest BCUT2D eigenvalue weighted by Crippen LogP contribution is 2.36. The molecule has 0 radical (unpaired) electrons. The van der Waals surface area contributed by atoms with Gasteiger partial charge in [-0.25, -0.2) is 18.8 Å². The molecule has 0 saturated carbocycles. The average molecular weight is 540 g/mol. The first-order valence-electron chi connectivity index (χ1n) is 13.8. The number of nitrogens with two attached hydrogens (primary N) is 1. The van der Waals surface area contributed by atoms with E-state index in [-0.39, 0.29) is 30.2 Å². The van der Waals surface area contributed by atoms with Crippen LogP contribution in [0.2, 0.25) is 0 Å². The lowest BCUT2D eigenvalue weighted by atomic mass is 9.93. The number of aryl methyl sites for hydroxylation is 1. The van der Waals surface area contributed by atoms with E-state index < -0.39 is 6.17 Å². The quantitative estimate of drug-likeness (QED) is 0.522. The van der Waals surface area contributed by atoms with E-state index in [4.69, 9.17) is 15.5 Å². The zero-order valence-corrected chi connectivity index (χ0v) is 23.3. The molecule has 8 nitrogen and oxygen atoms in total. The standard InChI is InChI=1S/C29H39F2N7O/c1-18(2)39-27-26(20(4)33-17-34-28(27)32)37-11-8-22(24(31)15-37)29-35-25(21-6-7-23(30)19(3)14-21)16-38(29)13-12-36-9-5-10-36/h6-7,14,16-18,22,24H,5,8-13,15,32H2,1-4H3,(H,33,34)/t22?,24-/m0/s1. The summed E-state index contributed by atoms with van der Waals surface area (Å²) in [6.45, 7) is 12.2. The number of aromatic nitrogens is 2. The van der Waals surface area contributed by atoms with Crippen molar-refractivity contribution in [2.45, 2.75) is 65.3 Å². The van der Waals surface area contributed by atoms with Crippen LogP contribution in [0.5, 0.6) is 0 Å². The number of ether oxygens (including phenoxy) is 1. The van der Waals surface area contributed by atoms with Crippen molar-refractivity contribution in [3.8, 4) is 11.3 Å². The third-order valence-corrected chi connectivity index (χ3v) is 7.70. The zero-order valence-electron chi connectivity index (χ0n) is 23.3. The molecule has 3 aliphatic heterocycles. The summed E-state index contributed by atoms with van der Waals surface area (Å²) in [6, 6.07) is 5.02. The Balaban J connectivity index is 1.41. The monoisotopic (exact) mass is 539 g/mol. The molecule has 5 rings (SSSR count). The van der Waals surface area contributed by atoms with Gasteiger partial charge in [-0.3, -0.25) is 0 Å². The zero-order chi connectivity index (χ0) is 27.7. The predicted molar refractivity (Wildman–Crippen MR) is 149 cm³/mol. The SMILES string of the molecule is CC1=C(N2CCC(c3nc(-c4ccc(F)c(C)c4)cn3CCN3CCC3)[C@@H](F)C2)C(OC(C)C)=C(N)N=CN1. The largest absolute Gasteiger partial charge is 0.485 e. The highest BCUT2D eigenvalue weighted by atomic mass is 19.1. The Kier molecular flexibility index (Phi) is 7.93. The summed E-state index contributed by atoms with van der Waals surface area (Å²) < 4.78 is 38.2. The number of rotatable bonds is 8. The van der Waals surface area contributed by atoms with Crippen LogP contribution in [-0.4, -0.2) is 70.7 Å². The smallest absolute Gasteiger partial charge is 0.186 e. The minimum Gasteiger partial charge on any atom is -0.485 e. The molecule has 10 heteroatoms. The summed E-state index contributed by atoms with van der Waals surface area (Å²) >= 11 is 0. The second-order valence-corrected chi connectivity index (χ2v) is 11.0. The van der Waals surface area contributed by atoms with Crippen LogP contribution in [0.4, 0.5) is 8.78 Å². The normalized spacial score (nSPS) is 22.3. The summed E-state index contributed by atoms with van der Waals surface area (Å²) in [6.07, 6.45) is 4.07. The van der Waals surface area contributed by atoms with E-state index >= 15 is 4.39 Å². The molecule has 39 heavy (non-hydrogen) atoms. The van der Waals surface area contributed by atoms with Crippen LogP contribution in [-0.2, 0) is 11.3 Å². The van der Waals surface area contributed by atoms with Gasteiger partial charge in [0.2, 0.25) is 0 Å². The van der Waals surface area contributed by atoms with Gasteiger partial charge in [-0.1, -0.05) is 0 Å². The second-order valence-electron chi connectivity index (χ2n) is 11.0. The van der Waals surface area contributed by atoms with Crippen molar-refractivity contribution in [1.82, 2.24) is 24.7 Å². The van der Waals surface area contributed by atoms with Gasteiger partial charge in [-0.2, -0.15) is 0 Å². The third-order valence-electron chi connectivity index (χ3n) is 7.70. The van der Waals surface area contributed by atoms with Crippen LogP contribution in [0.1, 0.15) is 50.9 Å². The number of likely N-dealkylation sites (tertiary alicyclic amines) is 2. The van der Waals surface area contributed by atoms with E-state index in [9.17, 15) is 4.39 Å². The fourth-order valence-corrected chi connectivity index (χ4v) is 5.45. The number of alkyl halides is 1. The summed E-state index contributed by atoms with van der Waals surface area (Å²) in [7, 11) is 0. The molecule has 1 aromatic carbocycles. The molecular weight excluding hydrogens is 500 g/mol. The van der Waals surface area contributed by atoms with Gasteiger partial charge in [0.05, 0.1) is 30.6 Å². The second kappa shape index (κ2) is 11.4. The van der Waals surface area contributed by atoms with E-state index in [1.807, 2.05) is 31.9 Å². The summed E-state index contributed by atoms with van der Waals surface area (Å²) in [5, 5.41) is 3.14. The fraction of sp³-hybridized carbons (Fsp3) is 0.517. The van der Waals surface area contributed by atoms with E-state index in [0.717, 1.165) is 54.7 Å². The number of halogens is 2. The molecule has 0 aliphatic carbocycles. The van der Waals surface area contributed by atoms with Gasteiger partial charge in [0.1, 0.15) is 23.5 Å². The summed E-state index contributed by atoms with van der Waals surface area (Å²) in [5.74, 6) is 0.882. The lowest BCUT2D eigenvalue weighted by Crippen LogP contribution is -2.43. The first-order valence-corrected chi connectivity index (χ1v) is 13.8. The highest BCUT2D eigenvalue weighted by Gasteiger charge is 2.37. The molecule has 0 amide bonds. The maximum atomic E-state index is 16.1. The number of allylic oxidation sites excluding steroid dienone is 1. The van der Waals surface area contributed by atoms with Crippen molar-refractivity contribution < 1.29 is 13.5 Å². The fourth-order valence-electron chi connectivity index (χ4n) is 5.45. The molecule has 2 fully saturated rings. The molecule has 0 spiro atoms. The Bertz CT molecular complexity index is 1290. The molecular formula is C29H39F2N7O. The molecule has 210 valence electrons. The minimum atomic E-state index is -1.15. The lowest BCUT2D eigenvalue weighted by Gasteiger charge is -2.38. The molecule has 2 saturated heterocycles. The number of imidazole rings is 1. The van der Waals surface area contributed by atoms with Crippen LogP contribution in [0.15, 0.2) is 52.4 Å². The molecule has 1 aromatic heterocycles. The number of nitrogens with one attached hydrogen (secondary N) is 1. The number of hydrogen-bond donors (Lipinski definition) is 2. The van der Waals surface area contributed by atoms with Gasteiger partial charge in [0.15, 0.2) is 11.6 Å². The van der Waals surface area contributed by atoms with Gasteiger partial charge in [-0.15, -0.1) is 0 Å². The number of aliphatic imine (C=N–C) groups is 1. The number of hydrogen-bond acceptors (Lipinski definition) is 7. The minimum absolute atomic E-state index is 0.110. The molecule has 2 aromatic rings. The molecule has 0 bridgehead atoms. The van der Waals surface area contributed by atoms with Crippen LogP contribution < -0.4 is 11.1 Å². The van der Waals surface area contributed by atoms with Gasteiger partial charge in [0.25, 0.3) is 0 Å². The summed E-state index contributed by atoms with van der Waals surface area (Å²) in [5.41, 5.74) is 9.94. The van der Waals surface area contributed by atoms with Crippen LogP contribution in [0, 0.1) is 12.7 Å². The molecule has 1 unspecified atom stereocenters. The number of piperidine rings is 1. The Labute approximate surface area is 229 Å². The lowest BCUT2D eigenvalue weighted by molar-refractivity contribution is 0.105. The van der Waals surface area contributed by atoms with Crippen molar-refractivity contribution >= 4 is 6.34 Å². The van der Waals surface area contributed by atoms with Crippen molar-refractivity contribution in [3.63, 3.8) is 0 Å². The molecule has 2 atom stereocenters. The van der Waals surface area contributed by atoms with Crippen molar-refractivity contribution in [2.24, 2.45) is 10.7 Å². The van der Waals surface area contributed by atoms with Crippen LogP contribution in [0.25, 0.3) is 11.3 Å². The Morgan fingerprint density at radius 1 is 1.18 bits per heavy atom. The van der Waals surface area contributed by atoms with Gasteiger partial charge in [0, 0.05) is 37.1 Å². The first-order chi connectivity index (χ1) is 18.7. The molecule has 4 heterocycles. The maximum Gasteiger partial charge on any atom is 0.186 e. The van der Waals surface area contributed by atoms with Gasteiger partial charge in [-0.05, 0) is 77.4 Å². The van der Waals surface area contributed by atoms with Crippen molar-refractivity contribution in [2.75, 3.05) is 32.7 Å². The molecule has 3 N–H and O–H groups in total. The highest BCUT2D eigenvalue weighted by molar-refractivity contribution is 5.62. The third kappa shape index (κ3) is 5.80. The average Bonchev–Trinajstić information content (AvgIpc) is 3.22. The summed E-state index contributed by atoms with van der Waals surface area (Å²) in [4.78, 5) is 13.6. The van der Waals surface area contributed by atoms with Crippen molar-refractivity contribution in [1.29, 1.82) is 0 Å². The Hall–Kier alpha value is -3.40. The van der Waals surface area contributed by atoms with Gasteiger partial charge >= 0.3 is 0 Å². The maximum absolute atomic E-state index is 16.1. The number of nitrogens with zero attached hydrogens (tertiary/aromatic N) is 5. The van der Waals surface area contributed by atoms with Crippen molar-refractivity contribution in [3.05, 3.63) is 64.6 Å². The van der Waals surface area contributed by atoms with Gasteiger partial charge < -0.3 is 30.2 Å². The first kappa shape index (κ1) is 27.2. The van der Waals surface area contributed by atoms with E-state index in [0.29, 0.717) is 24.3 Å². The van der Waals surface area contributed by atoms with Crippen LogP contribution in [0.3, 0.4) is 0 Å². The Morgan fingerprint density at radius 2 is 1.97 bits per heavy atom. The number of benzene rings is 1. The van der Waals surface area contributed by atoms with Crippen LogP contribution >= 0.6 is 0 Å².